The Labute approximate surface area is 188 Å². The third kappa shape index (κ3) is 4.68. The number of carbonyl (C=O) groups excluding carboxylic acids is 2. The number of carboxylic acids is 1. The number of benzene rings is 2. The molecule has 1 unspecified atom stereocenters. The summed E-state index contributed by atoms with van der Waals surface area (Å²) in [6, 6.07) is 9.10. The molecule has 0 aliphatic rings. The Balaban J connectivity index is 2.01. The lowest BCUT2D eigenvalue weighted by atomic mass is 10.1. The summed E-state index contributed by atoms with van der Waals surface area (Å²) in [5, 5.41) is 22.6. The van der Waals surface area contributed by atoms with Crippen LogP contribution in [0.3, 0.4) is 0 Å². The fourth-order valence-electron chi connectivity index (χ4n) is 3.29. The molecular weight excluding hydrogens is 443 g/mol. The van der Waals surface area contributed by atoms with Crippen LogP contribution in [0.25, 0.3) is 10.9 Å². The highest BCUT2D eigenvalue weighted by Crippen LogP contribution is 2.31. The molecule has 0 aliphatic heterocycles. The fourth-order valence-corrected chi connectivity index (χ4v) is 3.59. The monoisotopic (exact) mass is 462 g/mol. The van der Waals surface area contributed by atoms with Crippen molar-refractivity contribution in [3.8, 4) is 5.75 Å². The van der Waals surface area contributed by atoms with Gasteiger partial charge in [-0.2, -0.15) is 0 Å². The van der Waals surface area contributed by atoms with E-state index in [2.05, 4.69) is 5.32 Å². The molecule has 3 rings (SSSR count). The molecule has 1 atom stereocenters. The molecule has 0 fully saturated rings. The Morgan fingerprint density at radius 3 is 2.45 bits per heavy atom. The first kappa shape index (κ1) is 22.7. The summed E-state index contributed by atoms with van der Waals surface area (Å²) in [5.74, 6) is -2.50. The zero-order chi connectivity index (χ0) is 22.9. The average Bonchev–Trinajstić information content (AvgIpc) is 2.98. The van der Waals surface area contributed by atoms with Crippen LogP contribution in [0.4, 0.5) is 0 Å². The van der Waals surface area contributed by atoms with Crippen LogP contribution in [0.2, 0.25) is 10.0 Å². The SMILES string of the molecule is Cc1c(CC(=O)NCC(C)C(=O)O)c2cc(O)ccc2n1C(=O)c1ccc(Cl)c(Cl)c1. The fraction of sp³-hybridized carbons (Fsp3) is 0.227. The van der Waals surface area contributed by atoms with E-state index in [-0.39, 0.29) is 35.6 Å². The highest BCUT2D eigenvalue weighted by molar-refractivity contribution is 6.42. The second kappa shape index (κ2) is 8.99. The van der Waals surface area contributed by atoms with Crippen molar-refractivity contribution in [3.63, 3.8) is 0 Å². The number of aromatic hydroxyl groups is 1. The van der Waals surface area contributed by atoms with Gasteiger partial charge in [0, 0.05) is 23.2 Å². The molecule has 7 nitrogen and oxygen atoms in total. The molecule has 2 aromatic carbocycles. The lowest BCUT2D eigenvalue weighted by Gasteiger charge is -2.10. The smallest absolute Gasteiger partial charge is 0.308 e. The van der Waals surface area contributed by atoms with Crippen molar-refractivity contribution >= 4 is 51.9 Å². The molecule has 0 saturated heterocycles. The highest BCUT2D eigenvalue weighted by Gasteiger charge is 2.22. The van der Waals surface area contributed by atoms with Crippen LogP contribution in [-0.4, -0.2) is 39.1 Å². The van der Waals surface area contributed by atoms with Crippen LogP contribution in [0.1, 0.15) is 28.5 Å². The van der Waals surface area contributed by atoms with Gasteiger partial charge in [0.15, 0.2) is 0 Å². The van der Waals surface area contributed by atoms with Gasteiger partial charge in [0.1, 0.15) is 5.75 Å². The zero-order valence-electron chi connectivity index (χ0n) is 16.8. The largest absolute Gasteiger partial charge is 0.508 e. The molecule has 3 N–H and O–H groups in total. The number of aromatic nitrogens is 1. The van der Waals surface area contributed by atoms with Gasteiger partial charge in [0.2, 0.25) is 5.91 Å². The van der Waals surface area contributed by atoms with Crippen molar-refractivity contribution in [2.24, 2.45) is 5.92 Å². The summed E-state index contributed by atoms with van der Waals surface area (Å²) in [6.45, 7) is 3.18. The lowest BCUT2D eigenvalue weighted by Crippen LogP contribution is -2.32. The summed E-state index contributed by atoms with van der Waals surface area (Å²) in [7, 11) is 0. The van der Waals surface area contributed by atoms with Crippen LogP contribution in [0.15, 0.2) is 36.4 Å². The molecule has 1 heterocycles. The molecule has 0 saturated carbocycles. The van der Waals surface area contributed by atoms with E-state index < -0.39 is 11.9 Å². The number of amides is 1. The molecule has 31 heavy (non-hydrogen) atoms. The number of halogens is 2. The minimum atomic E-state index is -1.01. The number of nitrogens with one attached hydrogen (secondary N) is 1. The first-order valence-corrected chi connectivity index (χ1v) is 10.2. The number of carbonyl (C=O) groups is 3. The van der Waals surface area contributed by atoms with Gasteiger partial charge in [-0.1, -0.05) is 30.1 Å². The predicted octanol–water partition coefficient (Wildman–Crippen LogP) is 4.03. The molecule has 162 valence electrons. The summed E-state index contributed by atoms with van der Waals surface area (Å²) in [6.07, 6.45) is -0.0836. The van der Waals surface area contributed by atoms with E-state index in [1.165, 1.54) is 35.8 Å². The second-order valence-electron chi connectivity index (χ2n) is 7.26. The topological polar surface area (TPSA) is 109 Å². The number of aliphatic carboxylic acids is 1. The highest BCUT2D eigenvalue weighted by atomic mass is 35.5. The Kier molecular flexibility index (Phi) is 6.57. The minimum absolute atomic E-state index is 0.00667. The molecule has 1 amide bonds. The van der Waals surface area contributed by atoms with Crippen molar-refractivity contribution in [1.82, 2.24) is 9.88 Å². The van der Waals surface area contributed by atoms with E-state index >= 15 is 0 Å². The first-order valence-electron chi connectivity index (χ1n) is 9.42. The van der Waals surface area contributed by atoms with Crippen LogP contribution in [0, 0.1) is 12.8 Å². The minimum Gasteiger partial charge on any atom is -0.508 e. The standard InChI is InChI=1S/C22H20Cl2N2O5/c1-11(22(30)31)10-25-20(28)9-15-12(2)26(19-6-4-14(27)8-16(15)19)21(29)13-3-5-17(23)18(24)7-13/h3-8,11,27H,9-10H2,1-2H3,(H,25,28)(H,30,31). The molecular formula is C22H20Cl2N2O5. The number of phenolic OH excluding ortho intramolecular Hbond substituents is 1. The number of carboxylic acid groups (broad SMARTS) is 1. The summed E-state index contributed by atoms with van der Waals surface area (Å²) >= 11 is 12.0. The van der Waals surface area contributed by atoms with Crippen LogP contribution in [0.5, 0.6) is 5.75 Å². The number of phenols is 1. The maximum absolute atomic E-state index is 13.3. The van der Waals surface area contributed by atoms with Crippen molar-refractivity contribution in [2.45, 2.75) is 20.3 Å². The second-order valence-corrected chi connectivity index (χ2v) is 8.07. The van der Waals surface area contributed by atoms with Gasteiger partial charge in [0.25, 0.3) is 5.91 Å². The molecule has 9 heteroatoms. The third-order valence-electron chi connectivity index (χ3n) is 5.05. The third-order valence-corrected chi connectivity index (χ3v) is 5.79. The first-order chi connectivity index (χ1) is 14.6. The zero-order valence-corrected chi connectivity index (χ0v) is 18.3. The van der Waals surface area contributed by atoms with E-state index in [9.17, 15) is 19.5 Å². The number of hydrogen-bond donors (Lipinski definition) is 3. The molecule has 3 aromatic rings. The normalized spacial score (nSPS) is 12.0. The molecule has 1 aromatic heterocycles. The molecule has 0 radical (unpaired) electrons. The van der Waals surface area contributed by atoms with Crippen LogP contribution in [-0.2, 0) is 16.0 Å². The Bertz CT molecular complexity index is 1200. The number of nitrogens with zero attached hydrogens (tertiary/aromatic N) is 1. The van der Waals surface area contributed by atoms with Gasteiger partial charge in [-0.25, -0.2) is 0 Å². The van der Waals surface area contributed by atoms with Crippen molar-refractivity contribution < 1.29 is 24.6 Å². The van der Waals surface area contributed by atoms with E-state index in [1.807, 2.05) is 0 Å². The lowest BCUT2D eigenvalue weighted by molar-refractivity contribution is -0.141. The number of rotatable bonds is 6. The Morgan fingerprint density at radius 2 is 1.81 bits per heavy atom. The van der Waals surface area contributed by atoms with Gasteiger partial charge in [0.05, 0.1) is 27.9 Å². The molecule has 0 bridgehead atoms. The maximum atomic E-state index is 13.3. The van der Waals surface area contributed by atoms with Crippen molar-refractivity contribution in [2.75, 3.05) is 6.54 Å². The van der Waals surface area contributed by atoms with Gasteiger partial charge < -0.3 is 15.5 Å². The number of hydrogen-bond acceptors (Lipinski definition) is 4. The molecule has 0 aliphatic carbocycles. The maximum Gasteiger partial charge on any atom is 0.308 e. The van der Waals surface area contributed by atoms with Gasteiger partial charge in [-0.3, -0.25) is 19.0 Å². The summed E-state index contributed by atoms with van der Waals surface area (Å²) in [4.78, 5) is 36.7. The quantitative estimate of drug-likeness (QED) is 0.512. The van der Waals surface area contributed by atoms with Crippen LogP contribution >= 0.6 is 23.2 Å². The van der Waals surface area contributed by atoms with E-state index in [0.717, 1.165) is 0 Å². The van der Waals surface area contributed by atoms with Crippen LogP contribution < -0.4 is 5.32 Å². The average molecular weight is 463 g/mol. The number of fused-ring (bicyclic) bond motifs is 1. The Morgan fingerprint density at radius 1 is 1.10 bits per heavy atom. The summed E-state index contributed by atoms with van der Waals surface area (Å²) < 4.78 is 1.46. The van der Waals surface area contributed by atoms with Crippen molar-refractivity contribution in [3.05, 3.63) is 63.3 Å². The predicted molar refractivity (Wildman–Crippen MR) is 118 cm³/mol. The van der Waals surface area contributed by atoms with Gasteiger partial charge in [-0.15, -0.1) is 0 Å². The Hall–Kier alpha value is -3.03. The summed E-state index contributed by atoms with van der Waals surface area (Å²) in [5.41, 5.74) is 1.92. The van der Waals surface area contributed by atoms with E-state index in [4.69, 9.17) is 28.3 Å². The van der Waals surface area contributed by atoms with E-state index in [1.54, 1.807) is 19.1 Å². The van der Waals surface area contributed by atoms with Gasteiger partial charge in [-0.05, 0) is 48.9 Å². The van der Waals surface area contributed by atoms with Crippen molar-refractivity contribution in [1.29, 1.82) is 0 Å². The van der Waals surface area contributed by atoms with E-state index in [0.29, 0.717) is 32.7 Å². The van der Waals surface area contributed by atoms with Gasteiger partial charge >= 0.3 is 5.97 Å². The molecule has 0 spiro atoms.